The molecule has 0 radical (unpaired) electrons. The number of methoxy groups -OCH3 is 1. The molecule has 0 spiro atoms. The molecule has 1 unspecified atom stereocenters. The normalized spacial score (nSPS) is 11.7. The summed E-state index contributed by atoms with van der Waals surface area (Å²) in [5.41, 5.74) is 0.866. The highest BCUT2D eigenvalue weighted by atomic mass is 35.5. The number of likely N-dealkylation sites (N-methyl/N-ethyl adjacent to an activating group) is 1. The Morgan fingerprint density at radius 3 is 2.89 bits per heavy atom. The van der Waals surface area contributed by atoms with Crippen molar-refractivity contribution in [2.24, 2.45) is 0 Å². The van der Waals surface area contributed by atoms with E-state index < -0.39 is 0 Å². The lowest BCUT2D eigenvalue weighted by molar-refractivity contribution is 0.411. The average Bonchev–Trinajstić information content (AvgIpc) is 2.87. The lowest BCUT2D eigenvalue weighted by Crippen LogP contribution is -2.24. The summed E-state index contributed by atoms with van der Waals surface area (Å²) in [5, 5.41) is 7.11. The number of rotatable bonds is 5. The zero-order valence-corrected chi connectivity index (χ0v) is 12.0. The van der Waals surface area contributed by atoms with Gasteiger partial charge in [-0.1, -0.05) is 11.2 Å². The number of hydrogen-bond acceptors (Lipinski definition) is 5. The second kappa shape index (κ2) is 7.11. The average molecular weight is 284 g/mol. The van der Waals surface area contributed by atoms with E-state index in [9.17, 15) is 0 Å². The predicted octanol–water partition coefficient (Wildman–Crippen LogP) is 2.32. The molecule has 1 heterocycles. The van der Waals surface area contributed by atoms with Crippen molar-refractivity contribution in [2.45, 2.75) is 19.4 Å². The van der Waals surface area contributed by atoms with Gasteiger partial charge in [0.2, 0.25) is 0 Å². The molecule has 1 atom stereocenters. The minimum absolute atomic E-state index is 0. The van der Waals surface area contributed by atoms with Crippen LogP contribution in [0.2, 0.25) is 0 Å². The molecule has 0 bridgehead atoms. The topological polar surface area (TPSA) is 60.2 Å². The van der Waals surface area contributed by atoms with Crippen molar-refractivity contribution >= 4 is 12.4 Å². The molecule has 0 saturated carbocycles. The first-order valence-corrected chi connectivity index (χ1v) is 5.87. The minimum atomic E-state index is 0. The highest BCUT2D eigenvalue weighted by Crippen LogP contribution is 2.22. The number of nitrogens with zero attached hydrogens (tertiary/aromatic N) is 2. The molecular formula is C13H18ClN3O2. The van der Waals surface area contributed by atoms with Crippen LogP contribution < -0.4 is 10.1 Å². The second-order valence-electron chi connectivity index (χ2n) is 4.14. The zero-order valence-electron chi connectivity index (χ0n) is 11.2. The summed E-state index contributed by atoms with van der Waals surface area (Å²) in [7, 11) is 3.54. The Hall–Kier alpha value is -1.59. The lowest BCUT2D eigenvalue weighted by Gasteiger charge is -2.04. The number of nitrogens with one attached hydrogen (secondary N) is 1. The summed E-state index contributed by atoms with van der Waals surface area (Å²) in [4.78, 5) is 4.37. The fourth-order valence-corrected chi connectivity index (χ4v) is 1.59. The Balaban J connectivity index is 0.00000180. The van der Waals surface area contributed by atoms with Crippen molar-refractivity contribution in [3.63, 3.8) is 0 Å². The van der Waals surface area contributed by atoms with Crippen LogP contribution in [-0.4, -0.2) is 30.3 Å². The van der Waals surface area contributed by atoms with E-state index in [-0.39, 0.29) is 12.4 Å². The van der Waals surface area contributed by atoms with Gasteiger partial charge in [-0.2, -0.15) is 4.98 Å². The van der Waals surface area contributed by atoms with Crippen LogP contribution in [-0.2, 0) is 6.42 Å². The van der Waals surface area contributed by atoms with Crippen LogP contribution >= 0.6 is 12.4 Å². The van der Waals surface area contributed by atoms with E-state index in [0.29, 0.717) is 17.8 Å². The van der Waals surface area contributed by atoms with Gasteiger partial charge in [-0.15, -0.1) is 12.4 Å². The van der Waals surface area contributed by atoms with Crippen molar-refractivity contribution in [1.82, 2.24) is 15.5 Å². The SMILES string of the molecule is CNC(C)Cc1noc(-c2cccc(OC)c2)n1.Cl. The van der Waals surface area contributed by atoms with E-state index in [4.69, 9.17) is 9.26 Å². The van der Waals surface area contributed by atoms with Gasteiger partial charge in [-0.05, 0) is 32.2 Å². The fraction of sp³-hybridized carbons (Fsp3) is 0.385. The molecule has 0 aliphatic heterocycles. The van der Waals surface area contributed by atoms with Gasteiger partial charge in [-0.3, -0.25) is 0 Å². The Morgan fingerprint density at radius 2 is 2.21 bits per heavy atom. The van der Waals surface area contributed by atoms with Crippen LogP contribution in [0.25, 0.3) is 11.5 Å². The highest BCUT2D eigenvalue weighted by Gasteiger charge is 2.11. The molecule has 0 amide bonds. The third kappa shape index (κ3) is 3.94. The van der Waals surface area contributed by atoms with Gasteiger partial charge in [0, 0.05) is 18.0 Å². The zero-order chi connectivity index (χ0) is 13.0. The standard InChI is InChI=1S/C13H17N3O2.ClH/c1-9(14-2)7-12-15-13(18-16-12)10-5-4-6-11(8-10)17-3;/h4-6,8-9,14H,7H2,1-3H3;1H. The number of ether oxygens (including phenoxy) is 1. The molecule has 1 aromatic heterocycles. The molecule has 1 aromatic carbocycles. The smallest absolute Gasteiger partial charge is 0.258 e. The van der Waals surface area contributed by atoms with Gasteiger partial charge in [0.1, 0.15) is 5.75 Å². The maximum Gasteiger partial charge on any atom is 0.258 e. The number of benzene rings is 1. The summed E-state index contributed by atoms with van der Waals surface area (Å²) < 4.78 is 10.4. The minimum Gasteiger partial charge on any atom is -0.497 e. The van der Waals surface area contributed by atoms with E-state index in [2.05, 4.69) is 22.4 Å². The lowest BCUT2D eigenvalue weighted by atomic mass is 10.2. The van der Waals surface area contributed by atoms with Crippen LogP contribution in [0.15, 0.2) is 28.8 Å². The van der Waals surface area contributed by atoms with E-state index in [1.165, 1.54) is 0 Å². The van der Waals surface area contributed by atoms with Gasteiger partial charge in [0.25, 0.3) is 5.89 Å². The molecule has 19 heavy (non-hydrogen) atoms. The van der Waals surface area contributed by atoms with Gasteiger partial charge in [-0.25, -0.2) is 0 Å². The van der Waals surface area contributed by atoms with Crippen molar-refractivity contribution in [2.75, 3.05) is 14.2 Å². The van der Waals surface area contributed by atoms with E-state index >= 15 is 0 Å². The first-order valence-electron chi connectivity index (χ1n) is 5.87. The predicted molar refractivity (Wildman–Crippen MR) is 75.8 cm³/mol. The van der Waals surface area contributed by atoms with Gasteiger partial charge in [0.05, 0.1) is 7.11 Å². The molecule has 1 N–H and O–H groups in total. The quantitative estimate of drug-likeness (QED) is 0.912. The molecule has 104 valence electrons. The summed E-state index contributed by atoms with van der Waals surface area (Å²) >= 11 is 0. The van der Waals surface area contributed by atoms with Crippen molar-refractivity contribution in [3.8, 4) is 17.2 Å². The summed E-state index contributed by atoms with van der Waals surface area (Å²) in [6.45, 7) is 2.07. The second-order valence-corrected chi connectivity index (χ2v) is 4.14. The fourth-order valence-electron chi connectivity index (χ4n) is 1.59. The number of hydrogen-bond donors (Lipinski definition) is 1. The number of halogens is 1. The number of aromatic nitrogens is 2. The van der Waals surface area contributed by atoms with E-state index in [1.807, 2.05) is 31.3 Å². The van der Waals surface area contributed by atoms with Gasteiger partial charge < -0.3 is 14.6 Å². The van der Waals surface area contributed by atoms with Gasteiger partial charge >= 0.3 is 0 Å². The Kier molecular flexibility index (Phi) is 5.79. The Morgan fingerprint density at radius 1 is 1.42 bits per heavy atom. The van der Waals surface area contributed by atoms with Crippen LogP contribution in [0.3, 0.4) is 0 Å². The third-order valence-corrected chi connectivity index (χ3v) is 2.77. The molecule has 0 aliphatic rings. The summed E-state index contributed by atoms with van der Waals surface area (Å²) in [5.74, 6) is 2.00. The maximum absolute atomic E-state index is 5.25. The van der Waals surface area contributed by atoms with Crippen LogP contribution in [0.4, 0.5) is 0 Å². The third-order valence-electron chi connectivity index (χ3n) is 2.77. The first kappa shape index (κ1) is 15.5. The molecule has 2 aromatic rings. The van der Waals surface area contributed by atoms with Crippen molar-refractivity contribution in [3.05, 3.63) is 30.1 Å². The maximum atomic E-state index is 5.25. The van der Waals surface area contributed by atoms with Gasteiger partial charge in [0.15, 0.2) is 5.82 Å². The van der Waals surface area contributed by atoms with Crippen LogP contribution in [0.5, 0.6) is 5.75 Å². The van der Waals surface area contributed by atoms with Crippen molar-refractivity contribution < 1.29 is 9.26 Å². The van der Waals surface area contributed by atoms with E-state index in [0.717, 1.165) is 17.7 Å². The Bertz CT molecular complexity index is 516. The highest BCUT2D eigenvalue weighted by molar-refractivity contribution is 5.85. The molecule has 6 heteroatoms. The molecule has 0 fully saturated rings. The molecule has 0 saturated heterocycles. The van der Waals surface area contributed by atoms with Crippen LogP contribution in [0, 0.1) is 0 Å². The molecular weight excluding hydrogens is 266 g/mol. The van der Waals surface area contributed by atoms with Crippen LogP contribution in [0.1, 0.15) is 12.7 Å². The first-order chi connectivity index (χ1) is 8.72. The molecule has 0 aliphatic carbocycles. The van der Waals surface area contributed by atoms with Crippen molar-refractivity contribution in [1.29, 1.82) is 0 Å². The van der Waals surface area contributed by atoms with E-state index in [1.54, 1.807) is 7.11 Å². The Labute approximate surface area is 118 Å². The molecule has 2 rings (SSSR count). The largest absolute Gasteiger partial charge is 0.497 e. The summed E-state index contributed by atoms with van der Waals surface area (Å²) in [6.07, 6.45) is 0.740. The molecule has 5 nitrogen and oxygen atoms in total. The monoisotopic (exact) mass is 283 g/mol. The summed E-state index contributed by atoms with van der Waals surface area (Å²) in [6, 6.07) is 7.89.